The molecule has 15 heavy (non-hydrogen) atoms. The van der Waals surface area contributed by atoms with Crippen LogP contribution < -0.4 is 0 Å². The number of H-pyrrole nitrogens is 1. The van der Waals surface area contributed by atoms with Crippen LogP contribution in [0.4, 0.5) is 4.39 Å². The molecule has 0 saturated heterocycles. The number of hydrogen-bond donors (Lipinski definition) is 1. The molecule has 0 atom stereocenters. The van der Waals surface area contributed by atoms with Gasteiger partial charge in [0.05, 0.1) is 0 Å². The van der Waals surface area contributed by atoms with E-state index in [1.165, 1.54) is 0 Å². The van der Waals surface area contributed by atoms with Gasteiger partial charge in [-0.15, -0.1) is 0 Å². The van der Waals surface area contributed by atoms with Crippen molar-refractivity contribution in [3.05, 3.63) is 42.7 Å². The summed E-state index contributed by atoms with van der Waals surface area (Å²) in [4.78, 5) is 6.90. The maximum atomic E-state index is 12.6. The molecule has 3 rings (SSSR count). The highest BCUT2D eigenvalue weighted by atomic mass is 19.1. The van der Waals surface area contributed by atoms with E-state index in [0.29, 0.717) is 5.89 Å². The third-order valence-corrected chi connectivity index (χ3v) is 2.28. The standard InChI is InChI=1S/C11H7FN2O/c12-10-6-14-11(15-10)8-1-2-9-7(5-8)3-4-13-9/h1-6,13H. The van der Waals surface area contributed by atoms with Gasteiger partial charge in [0.15, 0.2) is 0 Å². The minimum atomic E-state index is -0.667. The third kappa shape index (κ3) is 1.30. The normalized spacial score (nSPS) is 11.0. The molecule has 0 saturated carbocycles. The number of rotatable bonds is 1. The quantitative estimate of drug-likeness (QED) is 0.659. The highest BCUT2D eigenvalue weighted by molar-refractivity contribution is 5.83. The Morgan fingerprint density at radius 1 is 1.27 bits per heavy atom. The van der Waals surface area contributed by atoms with Crippen LogP contribution in [0.5, 0.6) is 0 Å². The zero-order valence-electron chi connectivity index (χ0n) is 7.70. The summed E-state index contributed by atoms with van der Waals surface area (Å²) >= 11 is 0. The zero-order valence-corrected chi connectivity index (χ0v) is 7.70. The molecule has 0 spiro atoms. The molecule has 0 aliphatic rings. The monoisotopic (exact) mass is 202 g/mol. The lowest BCUT2D eigenvalue weighted by atomic mass is 10.1. The average Bonchev–Trinajstić information content (AvgIpc) is 2.84. The average molecular weight is 202 g/mol. The molecule has 2 aromatic heterocycles. The first kappa shape index (κ1) is 8.23. The molecule has 2 heterocycles. The molecule has 4 heteroatoms. The second kappa shape index (κ2) is 2.95. The van der Waals surface area contributed by atoms with Crippen LogP contribution in [0.3, 0.4) is 0 Å². The van der Waals surface area contributed by atoms with Gasteiger partial charge in [0.2, 0.25) is 5.89 Å². The highest BCUT2D eigenvalue weighted by Gasteiger charge is 2.06. The second-order valence-corrected chi connectivity index (χ2v) is 3.25. The van der Waals surface area contributed by atoms with Gasteiger partial charge in [-0.05, 0) is 24.3 Å². The summed E-state index contributed by atoms with van der Waals surface area (Å²) in [6, 6.07) is 6.92. The van der Waals surface area contributed by atoms with E-state index in [2.05, 4.69) is 9.97 Å². The van der Waals surface area contributed by atoms with Crippen molar-refractivity contribution in [1.82, 2.24) is 9.97 Å². The maximum absolute atomic E-state index is 12.6. The SMILES string of the molecule is Fc1cnc(-c2ccc3[nH]ccc3c2)o1. The first-order valence-corrected chi connectivity index (χ1v) is 4.52. The number of benzene rings is 1. The van der Waals surface area contributed by atoms with Crippen LogP contribution in [0.15, 0.2) is 41.1 Å². The summed E-state index contributed by atoms with van der Waals surface area (Å²) < 4.78 is 17.4. The van der Waals surface area contributed by atoms with Crippen LogP contribution in [0.25, 0.3) is 22.4 Å². The van der Waals surface area contributed by atoms with E-state index in [-0.39, 0.29) is 0 Å². The van der Waals surface area contributed by atoms with E-state index in [4.69, 9.17) is 4.42 Å². The van der Waals surface area contributed by atoms with Gasteiger partial charge < -0.3 is 9.40 Å². The summed E-state index contributed by atoms with van der Waals surface area (Å²) in [6.45, 7) is 0. The first-order valence-electron chi connectivity index (χ1n) is 4.52. The van der Waals surface area contributed by atoms with Crippen molar-refractivity contribution in [2.75, 3.05) is 0 Å². The van der Waals surface area contributed by atoms with Gasteiger partial charge in [-0.2, -0.15) is 4.39 Å². The number of oxazole rings is 1. The number of nitrogens with zero attached hydrogens (tertiary/aromatic N) is 1. The number of aromatic amines is 1. The number of fused-ring (bicyclic) bond motifs is 1. The molecule has 0 fully saturated rings. The van der Waals surface area contributed by atoms with Crippen molar-refractivity contribution in [2.24, 2.45) is 0 Å². The topological polar surface area (TPSA) is 41.8 Å². The maximum Gasteiger partial charge on any atom is 0.298 e. The number of halogens is 1. The number of aromatic nitrogens is 2. The molecule has 3 nitrogen and oxygen atoms in total. The Hall–Kier alpha value is -2.10. The summed E-state index contributed by atoms with van der Waals surface area (Å²) in [5.41, 5.74) is 1.80. The van der Waals surface area contributed by atoms with E-state index < -0.39 is 6.01 Å². The van der Waals surface area contributed by atoms with E-state index >= 15 is 0 Å². The Morgan fingerprint density at radius 3 is 3.00 bits per heavy atom. The van der Waals surface area contributed by atoms with Gasteiger partial charge in [-0.25, -0.2) is 4.98 Å². The predicted octanol–water partition coefficient (Wildman–Crippen LogP) is 2.96. The molecule has 0 bridgehead atoms. The summed E-state index contributed by atoms with van der Waals surface area (Å²) in [6.07, 6.45) is 2.92. The van der Waals surface area contributed by atoms with Crippen molar-refractivity contribution in [2.45, 2.75) is 0 Å². The van der Waals surface area contributed by atoms with Gasteiger partial charge in [0.25, 0.3) is 6.01 Å². The Balaban J connectivity index is 2.18. The minimum Gasteiger partial charge on any atom is -0.411 e. The highest BCUT2D eigenvalue weighted by Crippen LogP contribution is 2.23. The zero-order chi connectivity index (χ0) is 10.3. The molecule has 3 aromatic rings. The minimum absolute atomic E-state index is 0.301. The van der Waals surface area contributed by atoms with Gasteiger partial charge in [0, 0.05) is 22.7 Å². The van der Waals surface area contributed by atoms with Crippen molar-refractivity contribution >= 4 is 10.9 Å². The molecule has 0 aliphatic heterocycles. The van der Waals surface area contributed by atoms with Crippen LogP contribution in [0.1, 0.15) is 0 Å². The van der Waals surface area contributed by atoms with Crippen molar-refractivity contribution in [3.63, 3.8) is 0 Å². The second-order valence-electron chi connectivity index (χ2n) is 3.25. The largest absolute Gasteiger partial charge is 0.411 e. The molecular formula is C11H7FN2O. The van der Waals surface area contributed by atoms with Crippen molar-refractivity contribution in [1.29, 1.82) is 0 Å². The predicted molar refractivity (Wildman–Crippen MR) is 53.8 cm³/mol. The van der Waals surface area contributed by atoms with Gasteiger partial charge in [-0.1, -0.05) is 0 Å². The van der Waals surface area contributed by atoms with Crippen LogP contribution in [-0.4, -0.2) is 9.97 Å². The molecule has 1 N–H and O–H groups in total. The molecule has 1 aromatic carbocycles. The molecule has 0 amide bonds. The van der Waals surface area contributed by atoms with E-state index in [1.54, 1.807) is 0 Å². The van der Waals surface area contributed by atoms with E-state index in [1.807, 2.05) is 30.5 Å². The van der Waals surface area contributed by atoms with Crippen molar-refractivity contribution < 1.29 is 8.81 Å². The van der Waals surface area contributed by atoms with Crippen LogP contribution in [0, 0.1) is 6.01 Å². The van der Waals surface area contributed by atoms with Gasteiger partial charge >= 0.3 is 0 Å². The van der Waals surface area contributed by atoms with Gasteiger partial charge in [-0.3, -0.25) is 0 Å². The smallest absolute Gasteiger partial charge is 0.298 e. The third-order valence-electron chi connectivity index (χ3n) is 2.28. The lowest BCUT2D eigenvalue weighted by Crippen LogP contribution is -1.76. The number of nitrogens with one attached hydrogen (secondary N) is 1. The van der Waals surface area contributed by atoms with Crippen LogP contribution in [0.2, 0.25) is 0 Å². The fourth-order valence-corrected chi connectivity index (χ4v) is 1.57. The van der Waals surface area contributed by atoms with E-state index in [0.717, 1.165) is 22.7 Å². The molecule has 0 aliphatic carbocycles. The molecule has 74 valence electrons. The van der Waals surface area contributed by atoms with Crippen molar-refractivity contribution in [3.8, 4) is 11.5 Å². The summed E-state index contributed by atoms with van der Waals surface area (Å²) in [5, 5.41) is 1.05. The Kier molecular flexibility index (Phi) is 1.62. The molecular weight excluding hydrogens is 195 g/mol. The van der Waals surface area contributed by atoms with Crippen LogP contribution in [-0.2, 0) is 0 Å². The summed E-state index contributed by atoms with van der Waals surface area (Å²) in [7, 11) is 0. The fourth-order valence-electron chi connectivity index (χ4n) is 1.57. The fraction of sp³-hybridized carbons (Fsp3) is 0. The Morgan fingerprint density at radius 2 is 2.20 bits per heavy atom. The van der Waals surface area contributed by atoms with Crippen LogP contribution >= 0.6 is 0 Å². The number of hydrogen-bond acceptors (Lipinski definition) is 2. The Bertz CT molecular complexity index is 612. The lowest BCUT2D eigenvalue weighted by molar-refractivity contribution is 0.366. The van der Waals surface area contributed by atoms with Gasteiger partial charge in [0.1, 0.15) is 6.20 Å². The molecule has 0 radical (unpaired) electrons. The summed E-state index contributed by atoms with van der Waals surface area (Å²) in [5.74, 6) is 0.301. The van der Waals surface area contributed by atoms with E-state index in [9.17, 15) is 4.39 Å². The lowest BCUT2D eigenvalue weighted by Gasteiger charge is -1.95. The first-order chi connectivity index (χ1) is 7.33. The molecule has 0 unspecified atom stereocenters. The Labute approximate surface area is 84.6 Å².